The number of rotatable bonds is 3. The van der Waals surface area contributed by atoms with Crippen LogP contribution in [0.2, 0.25) is 0 Å². The number of nitrogens with zero attached hydrogens (tertiary/aromatic N) is 1. The summed E-state index contributed by atoms with van der Waals surface area (Å²) in [6, 6.07) is 11.9. The molecule has 3 rings (SSSR count). The summed E-state index contributed by atoms with van der Waals surface area (Å²) in [4.78, 5) is 15.3. The zero-order chi connectivity index (χ0) is 17.3. The van der Waals surface area contributed by atoms with Crippen LogP contribution in [0.3, 0.4) is 0 Å². The zero-order valence-corrected chi connectivity index (χ0v) is 12.8. The number of anilines is 2. The first-order valence-electron chi connectivity index (χ1n) is 6.89. The van der Waals surface area contributed by atoms with Gasteiger partial charge in [-0.05, 0) is 35.9 Å². The highest BCUT2D eigenvalue weighted by Crippen LogP contribution is 2.36. The van der Waals surface area contributed by atoms with E-state index in [4.69, 9.17) is 11.6 Å². The summed E-state index contributed by atoms with van der Waals surface area (Å²) in [7, 11) is 0. The van der Waals surface area contributed by atoms with E-state index in [9.17, 15) is 18.0 Å². The SMILES string of the molecule is O=C(Cl)c1ccccc1Nc1ccnc2c(C(F)(F)F)cccc12. The van der Waals surface area contributed by atoms with E-state index in [2.05, 4.69) is 10.3 Å². The van der Waals surface area contributed by atoms with Gasteiger partial charge in [0.2, 0.25) is 0 Å². The minimum atomic E-state index is -4.50. The first-order chi connectivity index (χ1) is 11.4. The first-order valence-corrected chi connectivity index (χ1v) is 7.26. The van der Waals surface area contributed by atoms with Crippen LogP contribution in [-0.4, -0.2) is 10.2 Å². The van der Waals surface area contributed by atoms with Gasteiger partial charge < -0.3 is 5.32 Å². The largest absolute Gasteiger partial charge is 0.418 e. The molecule has 3 aromatic rings. The molecule has 122 valence electrons. The van der Waals surface area contributed by atoms with E-state index >= 15 is 0 Å². The molecular weight excluding hydrogens is 341 g/mol. The van der Waals surface area contributed by atoms with E-state index in [1.54, 1.807) is 18.2 Å². The smallest absolute Gasteiger partial charge is 0.354 e. The predicted molar refractivity (Wildman–Crippen MR) is 86.7 cm³/mol. The Kier molecular flexibility index (Phi) is 4.15. The summed E-state index contributed by atoms with van der Waals surface area (Å²) >= 11 is 5.54. The number of aromatic nitrogens is 1. The number of halogens is 4. The molecule has 3 nitrogen and oxygen atoms in total. The second-order valence-electron chi connectivity index (χ2n) is 5.00. The molecule has 0 atom stereocenters. The Morgan fingerprint density at radius 2 is 1.75 bits per heavy atom. The number of hydrogen-bond donors (Lipinski definition) is 1. The van der Waals surface area contributed by atoms with Gasteiger partial charge in [0.15, 0.2) is 0 Å². The molecule has 1 heterocycles. The molecular formula is C17H10ClF3N2O. The van der Waals surface area contributed by atoms with Crippen LogP contribution in [0.15, 0.2) is 54.7 Å². The van der Waals surface area contributed by atoms with Crippen LogP contribution in [0.5, 0.6) is 0 Å². The molecule has 0 saturated heterocycles. The highest BCUT2D eigenvalue weighted by Gasteiger charge is 2.33. The fraction of sp³-hybridized carbons (Fsp3) is 0.0588. The molecule has 0 unspecified atom stereocenters. The third-order valence-electron chi connectivity index (χ3n) is 3.48. The van der Waals surface area contributed by atoms with Crippen molar-refractivity contribution in [2.75, 3.05) is 5.32 Å². The Morgan fingerprint density at radius 1 is 1.00 bits per heavy atom. The Morgan fingerprint density at radius 3 is 2.46 bits per heavy atom. The minimum Gasteiger partial charge on any atom is -0.354 e. The summed E-state index contributed by atoms with van der Waals surface area (Å²) in [5, 5.41) is 2.60. The fourth-order valence-corrected chi connectivity index (χ4v) is 2.59. The predicted octanol–water partition coefficient (Wildman–Crippen LogP) is 5.38. The van der Waals surface area contributed by atoms with E-state index < -0.39 is 17.0 Å². The number of hydrogen-bond acceptors (Lipinski definition) is 3. The van der Waals surface area contributed by atoms with Gasteiger partial charge in [-0.15, -0.1) is 0 Å². The second-order valence-corrected chi connectivity index (χ2v) is 5.35. The fourth-order valence-electron chi connectivity index (χ4n) is 2.42. The van der Waals surface area contributed by atoms with Gasteiger partial charge in [0.25, 0.3) is 5.24 Å². The molecule has 0 aliphatic rings. The number of carbonyl (C=O) groups is 1. The lowest BCUT2D eigenvalue weighted by molar-refractivity contribution is -0.136. The van der Waals surface area contributed by atoms with Crippen molar-refractivity contribution in [3.8, 4) is 0 Å². The van der Waals surface area contributed by atoms with Crippen molar-refractivity contribution in [3.63, 3.8) is 0 Å². The van der Waals surface area contributed by atoms with Crippen molar-refractivity contribution in [3.05, 3.63) is 65.9 Å². The number of nitrogens with one attached hydrogen (secondary N) is 1. The van der Waals surface area contributed by atoms with Gasteiger partial charge in [-0.1, -0.05) is 24.3 Å². The molecule has 0 bridgehead atoms. The standard InChI is InChI=1S/C17H10ClF3N2O/c18-16(24)11-4-1-2-7-13(11)23-14-8-9-22-15-10(14)5-3-6-12(15)17(19,20)21/h1-9H,(H,22,23). The Hall–Kier alpha value is -2.60. The number of fused-ring (bicyclic) bond motifs is 1. The topological polar surface area (TPSA) is 42.0 Å². The van der Waals surface area contributed by atoms with E-state index in [0.29, 0.717) is 16.8 Å². The summed E-state index contributed by atoms with van der Waals surface area (Å²) in [6.07, 6.45) is -3.22. The summed E-state index contributed by atoms with van der Waals surface area (Å²) in [6.45, 7) is 0. The van der Waals surface area contributed by atoms with Gasteiger partial charge in [-0.3, -0.25) is 9.78 Å². The van der Waals surface area contributed by atoms with Gasteiger partial charge in [0.1, 0.15) is 0 Å². The Labute approximate surface area is 140 Å². The number of pyridine rings is 1. The molecule has 0 fully saturated rings. The van der Waals surface area contributed by atoms with Crippen molar-refractivity contribution < 1.29 is 18.0 Å². The molecule has 0 aliphatic carbocycles. The lowest BCUT2D eigenvalue weighted by Gasteiger charge is -2.14. The van der Waals surface area contributed by atoms with Crippen molar-refractivity contribution in [1.29, 1.82) is 0 Å². The van der Waals surface area contributed by atoms with Crippen molar-refractivity contribution in [1.82, 2.24) is 4.98 Å². The monoisotopic (exact) mass is 350 g/mol. The molecule has 0 amide bonds. The van der Waals surface area contributed by atoms with Crippen LogP contribution >= 0.6 is 11.6 Å². The quantitative estimate of drug-likeness (QED) is 0.645. The second kappa shape index (κ2) is 6.13. The van der Waals surface area contributed by atoms with Crippen molar-refractivity contribution >= 4 is 39.1 Å². The van der Waals surface area contributed by atoms with Gasteiger partial charge in [-0.25, -0.2) is 0 Å². The molecule has 1 N–H and O–H groups in total. The van der Waals surface area contributed by atoms with E-state index in [1.165, 1.54) is 30.5 Å². The Balaban J connectivity index is 2.14. The highest BCUT2D eigenvalue weighted by molar-refractivity contribution is 6.68. The maximum absolute atomic E-state index is 13.1. The molecule has 0 saturated carbocycles. The van der Waals surface area contributed by atoms with Crippen molar-refractivity contribution in [2.45, 2.75) is 6.18 Å². The zero-order valence-electron chi connectivity index (χ0n) is 12.1. The maximum Gasteiger partial charge on any atom is 0.418 e. The molecule has 2 aromatic carbocycles. The van der Waals surface area contributed by atoms with Crippen LogP contribution in [0, 0.1) is 0 Å². The average Bonchev–Trinajstić information content (AvgIpc) is 2.54. The van der Waals surface area contributed by atoms with Gasteiger partial charge in [0, 0.05) is 17.3 Å². The van der Waals surface area contributed by atoms with Gasteiger partial charge in [-0.2, -0.15) is 13.2 Å². The Bertz CT molecular complexity index is 925. The number of para-hydroxylation sites is 2. The van der Waals surface area contributed by atoms with Crippen LogP contribution in [-0.2, 0) is 6.18 Å². The molecule has 0 radical (unpaired) electrons. The van der Waals surface area contributed by atoms with E-state index in [1.807, 2.05) is 0 Å². The van der Waals surface area contributed by atoms with Crippen LogP contribution < -0.4 is 5.32 Å². The molecule has 1 aromatic heterocycles. The van der Waals surface area contributed by atoms with Gasteiger partial charge in [0.05, 0.1) is 22.3 Å². The van der Waals surface area contributed by atoms with Gasteiger partial charge >= 0.3 is 6.18 Å². The van der Waals surface area contributed by atoms with E-state index in [0.717, 1.165) is 6.07 Å². The normalized spacial score (nSPS) is 11.5. The summed E-state index contributed by atoms with van der Waals surface area (Å²) in [5.41, 5.74) is 0.0602. The summed E-state index contributed by atoms with van der Waals surface area (Å²) < 4.78 is 39.4. The molecule has 7 heteroatoms. The number of alkyl halides is 3. The van der Waals surface area contributed by atoms with E-state index in [-0.39, 0.29) is 11.1 Å². The van der Waals surface area contributed by atoms with Crippen molar-refractivity contribution in [2.24, 2.45) is 0 Å². The maximum atomic E-state index is 13.1. The lowest BCUT2D eigenvalue weighted by atomic mass is 10.1. The third kappa shape index (κ3) is 3.05. The molecule has 24 heavy (non-hydrogen) atoms. The molecule has 0 aliphatic heterocycles. The van der Waals surface area contributed by atoms with Crippen LogP contribution in [0.4, 0.5) is 24.5 Å². The summed E-state index contributed by atoms with van der Waals surface area (Å²) in [5.74, 6) is 0. The first kappa shape index (κ1) is 16.3. The highest BCUT2D eigenvalue weighted by atomic mass is 35.5. The van der Waals surface area contributed by atoms with Crippen LogP contribution in [0.1, 0.15) is 15.9 Å². The lowest BCUT2D eigenvalue weighted by Crippen LogP contribution is -2.07. The minimum absolute atomic E-state index is 0.162. The average molecular weight is 351 g/mol. The number of carbonyl (C=O) groups excluding carboxylic acids is 1. The number of benzene rings is 2. The molecule has 0 spiro atoms. The third-order valence-corrected chi connectivity index (χ3v) is 3.69. The van der Waals surface area contributed by atoms with Crippen LogP contribution in [0.25, 0.3) is 10.9 Å².